The van der Waals surface area contributed by atoms with Crippen molar-refractivity contribution >= 4 is 22.3 Å². The zero-order valence-electron chi connectivity index (χ0n) is 18.5. The van der Waals surface area contributed by atoms with Gasteiger partial charge in [-0.25, -0.2) is 4.39 Å². The van der Waals surface area contributed by atoms with Gasteiger partial charge in [0.05, 0.1) is 18.7 Å². The summed E-state index contributed by atoms with van der Waals surface area (Å²) < 4.78 is 26.6. The SMILES string of the molecule is C=C(C)Nc1cccc(-c2ccc3c(c2)c(N=O)c(O)n3Cc2cc(F)cc3c2OCOC3)c1. The van der Waals surface area contributed by atoms with E-state index in [0.29, 0.717) is 27.8 Å². The van der Waals surface area contributed by atoms with Gasteiger partial charge in [0.15, 0.2) is 12.5 Å². The predicted molar refractivity (Wildman–Crippen MR) is 129 cm³/mol. The lowest BCUT2D eigenvalue weighted by Crippen LogP contribution is -2.14. The minimum Gasteiger partial charge on any atom is -0.493 e. The van der Waals surface area contributed by atoms with Crippen molar-refractivity contribution in [1.29, 1.82) is 0 Å². The van der Waals surface area contributed by atoms with Crippen LogP contribution in [0.4, 0.5) is 15.8 Å². The van der Waals surface area contributed by atoms with Crippen LogP contribution in [0.5, 0.6) is 11.6 Å². The van der Waals surface area contributed by atoms with E-state index < -0.39 is 5.82 Å². The monoisotopic (exact) mass is 459 g/mol. The van der Waals surface area contributed by atoms with Crippen molar-refractivity contribution in [2.75, 3.05) is 12.1 Å². The van der Waals surface area contributed by atoms with Crippen LogP contribution in [0.3, 0.4) is 0 Å². The van der Waals surface area contributed by atoms with E-state index in [-0.39, 0.29) is 31.5 Å². The molecule has 4 aromatic rings. The number of ether oxygens (including phenoxy) is 2. The van der Waals surface area contributed by atoms with Crippen molar-refractivity contribution < 1.29 is 19.0 Å². The van der Waals surface area contributed by atoms with Gasteiger partial charge >= 0.3 is 0 Å². The molecule has 0 aliphatic carbocycles. The Morgan fingerprint density at radius 1 is 1.21 bits per heavy atom. The molecule has 0 saturated carbocycles. The van der Waals surface area contributed by atoms with E-state index in [2.05, 4.69) is 17.1 Å². The third kappa shape index (κ3) is 3.88. The van der Waals surface area contributed by atoms with Gasteiger partial charge in [-0.15, -0.1) is 4.91 Å². The van der Waals surface area contributed by atoms with Gasteiger partial charge in [0.1, 0.15) is 11.6 Å². The van der Waals surface area contributed by atoms with E-state index >= 15 is 0 Å². The fourth-order valence-electron chi connectivity index (χ4n) is 4.32. The first-order valence-electron chi connectivity index (χ1n) is 10.7. The van der Waals surface area contributed by atoms with Crippen LogP contribution in [-0.2, 0) is 17.9 Å². The molecule has 8 heteroatoms. The number of benzene rings is 3. The quantitative estimate of drug-likeness (QED) is 0.325. The van der Waals surface area contributed by atoms with Crippen molar-refractivity contribution in [3.63, 3.8) is 0 Å². The van der Waals surface area contributed by atoms with Crippen LogP contribution >= 0.6 is 0 Å². The van der Waals surface area contributed by atoms with E-state index in [1.54, 1.807) is 0 Å². The Morgan fingerprint density at radius 2 is 2.03 bits per heavy atom. The van der Waals surface area contributed by atoms with Crippen LogP contribution in [0.2, 0.25) is 0 Å². The Labute approximate surface area is 195 Å². The predicted octanol–water partition coefficient (Wildman–Crippen LogP) is 6.41. The standard InChI is InChI=1S/C26H22FN3O4/c1-15(2)28-21-5-3-4-16(10-21)17-6-7-23-22(11-17)24(29-32)26(31)30(23)12-18-8-20(27)9-19-13-33-14-34-25(18)19/h3-11,28,31H,1,12-14H2,2H3. The fourth-order valence-corrected chi connectivity index (χ4v) is 4.32. The number of hydrogen-bond donors (Lipinski definition) is 2. The molecule has 0 fully saturated rings. The number of rotatable bonds is 6. The molecule has 0 spiro atoms. The minimum atomic E-state index is -0.432. The molecule has 0 unspecified atom stereocenters. The number of allylic oxidation sites excluding steroid dienone is 1. The number of hydrogen-bond acceptors (Lipinski definition) is 6. The molecule has 0 bridgehead atoms. The highest BCUT2D eigenvalue weighted by Gasteiger charge is 2.22. The number of nitrogens with zero attached hydrogens (tertiary/aromatic N) is 2. The molecule has 5 rings (SSSR count). The summed E-state index contributed by atoms with van der Waals surface area (Å²) in [4.78, 5) is 11.7. The van der Waals surface area contributed by atoms with Crippen molar-refractivity contribution in [3.8, 4) is 22.8 Å². The highest BCUT2D eigenvalue weighted by Crippen LogP contribution is 2.42. The summed E-state index contributed by atoms with van der Waals surface area (Å²) in [5.74, 6) is -0.198. The van der Waals surface area contributed by atoms with Gasteiger partial charge in [-0.2, -0.15) is 0 Å². The Morgan fingerprint density at radius 3 is 2.82 bits per heavy atom. The van der Waals surface area contributed by atoms with Gasteiger partial charge in [-0.3, -0.25) is 0 Å². The van der Waals surface area contributed by atoms with Crippen LogP contribution in [0.25, 0.3) is 22.0 Å². The summed E-state index contributed by atoms with van der Waals surface area (Å²) in [5, 5.41) is 17.6. The summed E-state index contributed by atoms with van der Waals surface area (Å²) in [7, 11) is 0. The first-order chi connectivity index (χ1) is 16.4. The van der Waals surface area contributed by atoms with Crippen LogP contribution in [0.1, 0.15) is 18.1 Å². The Balaban J connectivity index is 1.59. The second kappa shape index (κ2) is 8.64. The van der Waals surface area contributed by atoms with Crippen LogP contribution in [0, 0.1) is 10.7 Å². The normalized spacial score (nSPS) is 12.8. The molecular formula is C26H22FN3O4. The molecule has 1 aliphatic rings. The zero-order valence-corrected chi connectivity index (χ0v) is 18.5. The van der Waals surface area contributed by atoms with Crippen molar-refractivity contribution in [1.82, 2.24) is 4.57 Å². The number of anilines is 1. The van der Waals surface area contributed by atoms with E-state index in [1.807, 2.05) is 49.4 Å². The molecule has 3 aromatic carbocycles. The summed E-state index contributed by atoms with van der Waals surface area (Å²) in [6, 6.07) is 16.0. The van der Waals surface area contributed by atoms with Gasteiger partial charge in [0, 0.05) is 27.9 Å². The maximum atomic E-state index is 14.2. The first kappa shape index (κ1) is 21.7. The number of aromatic hydroxyl groups is 1. The number of fused-ring (bicyclic) bond motifs is 2. The van der Waals surface area contributed by atoms with Crippen molar-refractivity contribution in [2.24, 2.45) is 5.18 Å². The minimum absolute atomic E-state index is 0.0633. The Hall–Kier alpha value is -4.17. The van der Waals surface area contributed by atoms with Crippen molar-refractivity contribution in [2.45, 2.75) is 20.1 Å². The molecule has 172 valence electrons. The molecule has 0 amide bonds. The van der Waals surface area contributed by atoms with Crippen LogP contribution in [0.15, 0.2) is 72.1 Å². The van der Waals surface area contributed by atoms with E-state index in [9.17, 15) is 14.4 Å². The third-order valence-corrected chi connectivity index (χ3v) is 5.74. The van der Waals surface area contributed by atoms with E-state index in [4.69, 9.17) is 9.47 Å². The first-order valence-corrected chi connectivity index (χ1v) is 10.7. The smallest absolute Gasteiger partial charge is 0.222 e. The molecule has 1 aliphatic heterocycles. The number of aromatic nitrogens is 1. The third-order valence-electron chi connectivity index (χ3n) is 5.74. The van der Waals surface area contributed by atoms with Gasteiger partial charge in [0.25, 0.3) is 0 Å². The summed E-state index contributed by atoms with van der Waals surface area (Å²) in [5.41, 5.74) is 5.13. The zero-order chi connectivity index (χ0) is 23.8. The average Bonchev–Trinajstić information content (AvgIpc) is 3.08. The molecule has 34 heavy (non-hydrogen) atoms. The number of nitrogens with one attached hydrogen (secondary N) is 1. The van der Waals surface area contributed by atoms with Gasteiger partial charge < -0.3 is 24.5 Å². The van der Waals surface area contributed by atoms with E-state index in [0.717, 1.165) is 22.5 Å². The van der Waals surface area contributed by atoms with Crippen LogP contribution < -0.4 is 10.1 Å². The number of nitroso groups, excluding NO2 is 1. The maximum Gasteiger partial charge on any atom is 0.222 e. The molecule has 2 heterocycles. The average molecular weight is 459 g/mol. The molecule has 0 radical (unpaired) electrons. The molecule has 1 aromatic heterocycles. The molecule has 7 nitrogen and oxygen atoms in total. The fraction of sp³-hybridized carbons (Fsp3) is 0.154. The number of halogens is 1. The lowest BCUT2D eigenvalue weighted by Gasteiger charge is -2.21. The second-order valence-electron chi connectivity index (χ2n) is 8.23. The lowest BCUT2D eigenvalue weighted by atomic mass is 10.0. The highest BCUT2D eigenvalue weighted by atomic mass is 19.1. The van der Waals surface area contributed by atoms with Gasteiger partial charge in [0.2, 0.25) is 5.88 Å². The molecular weight excluding hydrogens is 437 g/mol. The molecule has 0 atom stereocenters. The van der Waals surface area contributed by atoms with Gasteiger partial charge in [-0.05, 0) is 59.6 Å². The Bertz CT molecular complexity index is 1440. The summed E-state index contributed by atoms with van der Waals surface area (Å²) in [6.45, 7) is 6.14. The van der Waals surface area contributed by atoms with Crippen LogP contribution in [-0.4, -0.2) is 16.5 Å². The Kier molecular flexibility index (Phi) is 5.51. The molecule has 0 saturated heterocycles. The lowest BCUT2D eigenvalue weighted by molar-refractivity contribution is -0.0173. The van der Waals surface area contributed by atoms with Crippen molar-refractivity contribution in [3.05, 3.63) is 88.7 Å². The maximum absolute atomic E-state index is 14.2. The van der Waals surface area contributed by atoms with E-state index in [1.165, 1.54) is 16.7 Å². The molecule has 2 N–H and O–H groups in total. The van der Waals surface area contributed by atoms with Gasteiger partial charge in [-0.1, -0.05) is 24.8 Å². The largest absolute Gasteiger partial charge is 0.493 e. The topological polar surface area (TPSA) is 85.1 Å². The summed E-state index contributed by atoms with van der Waals surface area (Å²) >= 11 is 0. The second-order valence-corrected chi connectivity index (χ2v) is 8.23. The highest BCUT2D eigenvalue weighted by molar-refractivity contribution is 5.98. The summed E-state index contributed by atoms with van der Waals surface area (Å²) in [6.07, 6.45) is 0.